The molecule has 2 amide bonds. The lowest BCUT2D eigenvalue weighted by Crippen LogP contribution is -2.52. The van der Waals surface area contributed by atoms with Crippen molar-refractivity contribution in [2.45, 2.75) is 57.5 Å². The number of nitrogens with zero attached hydrogens (tertiary/aromatic N) is 2. The first-order chi connectivity index (χ1) is 19.6. The van der Waals surface area contributed by atoms with Crippen LogP contribution in [0, 0.1) is 6.92 Å². The molecule has 3 rings (SSSR count). The summed E-state index contributed by atoms with van der Waals surface area (Å²) in [6.07, 6.45) is 2.07. The highest BCUT2D eigenvalue weighted by Gasteiger charge is 2.34. The predicted molar refractivity (Wildman–Crippen MR) is 163 cm³/mol. The lowest BCUT2D eigenvalue weighted by atomic mass is 10.1. The first-order valence-electron chi connectivity index (χ1n) is 13.7. The van der Waals surface area contributed by atoms with Gasteiger partial charge in [0.2, 0.25) is 11.8 Å². The number of amides is 2. The second kappa shape index (κ2) is 14.9. The minimum atomic E-state index is -4.16. The van der Waals surface area contributed by atoms with Gasteiger partial charge >= 0.3 is 0 Å². The van der Waals surface area contributed by atoms with Crippen LogP contribution in [0.2, 0.25) is 5.02 Å². The van der Waals surface area contributed by atoms with Crippen molar-refractivity contribution < 1.29 is 22.7 Å². The summed E-state index contributed by atoms with van der Waals surface area (Å²) >= 11 is 6.38. The van der Waals surface area contributed by atoms with Crippen molar-refractivity contribution in [1.82, 2.24) is 10.2 Å². The summed E-state index contributed by atoms with van der Waals surface area (Å²) in [6, 6.07) is 19.3. The van der Waals surface area contributed by atoms with Crippen LogP contribution in [0.15, 0.2) is 77.7 Å². The number of halogens is 1. The third kappa shape index (κ3) is 8.01. The van der Waals surface area contributed by atoms with Crippen molar-refractivity contribution in [3.8, 4) is 5.75 Å². The van der Waals surface area contributed by atoms with Crippen LogP contribution in [-0.2, 0) is 26.2 Å². The van der Waals surface area contributed by atoms with Gasteiger partial charge in [-0.05, 0) is 67.3 Å². The average molecular weight is 600 g/mol. The van der Waals surface area contributed by atoms with Gasteiger partial charge in [0.05, 0.1) is 17.7 Å². The van der Waals surface area contributed by atoms with E-state index in [0.717, 1.165) is 22.7 Å². The van der Waals surface area contributed by atoms with Gasteiger partial charge in [-0.1, -0.05) is 68.3 Å². The summed E-state index contributed by atoms with van der Waals surface area (Å²) in [5.41, 5.74) is 1.59. The van der Waals surface area contributed by atoms with Crippen LogP contribution in [0.25, 0.3) is 0 Å². The zero-order valence-electron chi connectivity index (χ0n) is 24.0. The smallest absolute Gasteiger partial charge is 0.264 e. The van der Waals surface area contributed by atoms with Crippen LogP contribution in [0.3, 0.4) is 0 Å². The Morgan fingerprint density at radius 3 is 2.27 bits per heavy atom. The fourth-order valence-corrected chi connectivity index (χ4v) is 6.11. The Labute approximate surface area is 248 Å². The lowest BCUT2D eigenvalue weighted by Gasteiger charge is -2.33. The lowest BCUT2D eigenvalue weighted by molar-refractivity contribution is -0.140. The van der Waals surface area contributed by atoms with E-state index < -0.39 is 28.5 Å². The van der Waals surface area contributed by atoms with E-state index in [-0.39, 0.29) is 17.3 Å². The summed E-state index contributed by atoms with van der Waals surface area (Å²) in [7, 11) is -2.60. The van der Waals surface area contributed by atoms with Crippen LogP contribution in [0.4, 0.5) is 5.69 Å². The summed E-state index contributed by atoms with van der Waals surface area (Å²) in [6.45, 7) is 5.65. The molecular formula is C31H38ClN3O5S. The molecule has 0 aliphatic carbocycles. The molecule has 3 aromatic rings. The number of ether oxygens (including phenoxy) is 1. The molecule has 10 heteroatoms. The van der Waals surface area contributed by atoms with Gasteiger partial charge in [0, 0.05) is 18.1 Å². The second-order valence-corrected chi connectivity index (χ2v) is 11.9. The predicted octanol–water partition coefficient (Wildman–Crippen LogP) is 5.58. The number of methoxy groups -OCH3 is 1. The topological polar surface area (TPSA) is 96.0 Å². The fraction of sp³-hybridized carbons (Fsp3) is 0.355. The van der Waals surface area contributed by atoms with Crippen LogP contribution >= 0.6 is 11.6 Å². The minimum Gasteiger partial charge on any atom is -0.497 e. The quantitative estimate of drug-likeness (QED) is 0.244. The zero-order valence-corrected chi connectivity index (χ0v) is 25.5. The van der Waals surface area contributed by atoms with E-state index in [2.05, 4.69) is 5.32 Å². The van der Waals surface area contributed by atoms with Crippen molar-refractivity contribution in [3.63, 3.8) is 0 Å². The highest BCUT2D eigenvalue weighted by Crippen LogP contribution is 2.31. The molecule has 0 radical (unpaired) electrons. The van der Waals surface area contributed by atoms with Gasteiger partial charge in [-0.3, -0.25) is 13.9 Å². The molecule has 0 saturated carbocycles. The van der Waals surface area contributed by atoms with Crippen LogP contribution in [0.1, 0.15) is 44.2 Å². The Hall–Kier alpha value is -3.56. The number of hydrogen-bond acceptors (Lipinski definition) is 5. The zero-order chi connectivity index (χ0) is 30.0. The van der Waals surface area contributed by atoms with Gasteiger partial charge in [0.15, 0.2) is 0 Å². The monoisotopic (exact) mass is 599 g/mol. The maximum absolute atomic E-state index is 14.1. The van der Waals surface area contributed by atoms with Crippen molar-refractivity contribution >= 4 is 39.1 Å². The minimum absolute atomic E-state index is 0.0400. The van der Waals surface area contributed by atoms with E-state index in [0.29, 0.717) is 35.0 Å². The largest absolute Gasteiger partial charge is 0.497 e. The third-order valence-corrected chi connectivity index (χ3v) is 9.03. The Morgan fingerprint density at radius 2 is 1.66 bits per heavy atom. The van der Waals surface area contributed by atoms with E-state index in [1.165, 1.54) is 17.0 Å². The highest BCUT2D eigenvalue weighted by molar-refractivity contribution is 7.92. The van der Waals surface area contributed by atoms with Crippen LogP contribution < -0.4 is 14.4 Å². The fourth-order valence-electron chi connectivity index (χ4n) is 4.45. The van der Waals surface area contributed by atoms with Gasteiger partial charge in [0.1, 0.15) is 18.3 Å². The van der Waals surface area contributed by atoms with Crippen molar-refractivity contribution in [1.29, 1.82) is 0 Å². The summed E-state index contributed by atoms with van der Waals surface area (Å²) in [5.74, 6) is -0.135. The van der Waals surface area contributed by atoms with E-state index in [1.54, 1.807) is 62.6 Å². The normalized spacial score (nSPS) is 11.9. The molecule has 8 nitrogen and oxygen atoms in total. The first-order valence-corrected chi connectivity index (χ1v) is 15.5. The molecule has 0 spiro atoms. The van der Waals surface area contributed by atoms with E-state index in [9.17, 15) is 18.0 Å². The van der Waals surface area contributed by atoms with Gasteiger partial charge in [-0.2, -0.15) is 0 Å². The number of nitrogens with one attached hydrogen (secondary N) is 1. The molecule has 0 aliphatic heterocycles. The molecule has 0 heterocycles. The Kier molecular flexibility index (Phi) is 11.6. The molecule has 0 bridgehead atoms. The van der Waals surface area contributed by atoms with Crippen molar-refractivity contribution in [2.24, 2.45) is 0 Å². The second-order valence-electron chi connectivity index (χ2n) is 9.65. The Morgan fingerprint density at radius 1 is 0.976 bits per heavy atom. The maximum atomic E-state index is 14.1. The summed E-state index contributed by atoms with van der Waals surface area (Å²) < 4.78 is 34.2. The number of benzene rings is 3. The van der Waals surface area contributed by atoms with E-state index in [1.807, 2.05) is 26.0 Å². The number of sulfonamides is 1. The molecule has 1 atom stereocenters. The van der Waals surface area contributed by atoms with Gasteiger partial charge in [0.25, 0.3) is 10.0 Å². The molecule has 0 aliphatic rings. The van der Waals surface area contributed by atoms with E-state index >= 15 is 0 Å². The molecule has 3 aromatic carbocycles. The van der Waals surface area contributed by atoms with Crippen molar-refractivity contribution in [3.05, 3.63) is 88.9 Å². The molecule has 1 N–H and O–H groups in total. The van der Waals surface area contributed by atoms with Gasteiger partial charge < -0.3 is 15.0 Å². The Balaban J connectivity index is 2.06. The van der Waals surface area contributed by atoms with Crippen LogP contribution in [0.5, 0.6) is 5.75 Å². The third-order valence-electron chi connectivity index (χ3n) is 6.85. The molecule has 0 saturated heterocycles. The number of unbranched alkanes of at least 4 members (excludes halogenated alkanes) is 1. The summed E-state index contributed by atoms with van der Waals surface area (Å²) in [4.78, 5) is 28.9. The first kappa shape index (κ1) is 32.0. The number of carbonyl (C=O) groups is 2. The maximum Gasteiger partial charge on any atom is 0.264 e. The molecule has 0 aromatic heterocycles. The van der Waals surface area contributed by atoms with Crippen molar-refractivity contribution in [2.75, 3.05) is 24.5 Å². The van der Waals surface area contributed by atoms with Gasteiger partial charge in [-0.25, -0.2) is 8.42 Å². The average Bonchev–Trinajstić information content (AvgIpc) is 2.98. The number of rotatable bonds is 14. The highest BCUT2D eigenvalue weighted by atomic mass is 35.5. The standard InChI is InChI=1S/C31H38ClN3O5S/c1-5-7-20-33-31(37)28(6-2)34(21-24-16-18-25(40-4)19-17-24)30(36)22-35(29-15-11-14-27(32)23(29)3)41(38,39)26-12-9-8-10-13-26/h8-19,28H,5-7,20-22H2,1-4H3,(H,33,37)/t28-/m1/s1. The van der Waals surface area contributed by atoms with Crippen LogP contribution in [-0.4, -0.2) is 51.4 Å². The molecule has 0 fully saturated rings. The SMILES string of the molecule is CCCCNC(=O)[C@@H](CC)N(Cc1ccc(OC)cc1)C(=O)CN(c1cccc(Cl)c1C)S(=O)(=O)c1ccccc1. The number of carbonyl (C=O) groups excluding carboxylic acids is 2. The van der Waals surface area contributed by atoms with Gasteiger partial charge in [-0.15, -0.1) is 0 Å². The number of anilines is 1. The Bertz CT molecular complexity index is 1420. The number of hydrogen-bond donors (Lipinski definition) is 1. The van der Waals surface area contributed by atoms with E-state index in [4.69, 9.17) is 16.3 Å². The molecule has 41 heavy (non-hydrogen) atoms. The molecular weight excluding hydrogens is 562 g/mol. The molecule has 220 valence electrons. The molecule has 0 unspecified atom stereocenters. The summed E-state index contributed by atoms with van der Waals surface area (Å²) in [5, 5.41) is 3.30.